The zero-order chi connectivity index (χ0) is 13.8. The Kier molecular flexibility index (Phi) is 2.36. The normalized spacial score (nSPS) is 23.6. The van der Waals surface area contributed by atoms with Crippen LogP contribution in [0.25, 0.3) is 0 Å². The van der Waals surface area contributed by atoms with Crippen molar-refractivity contribution in [3.8, 4) is 0 Å². The Hall–Kier alpha value is -2.04. The van der Waals surface area contributed by atoms with Gasteiger partial charge in [0.15, 0.2) is 17.5 Å². The van der Waals surface area contributed by atoms with Gasteiger partial charge in [0, 0.05) is 17.3 Å². The van der Waals surface area contributed by atoms with Crippen LogP contribution in [0.3, 0.4) is 0 Å². The summed E-state index contributed by atoms with van der Waals surface area (Å²) in [6, 6.07) is 1.70. The van der Waals surface area contributed by atoms with Crippen LogP contribution in [0.4, 0.5) is 5.82 Å². The first-order valence-electron chi connectivity index (χ1n) is 6.26. The van der Waals surface area contributed by atoms with E-state index in [1.165, 1.54) is 0 Å². The predicted octanol–water partition coefficient (Wildman–Crippen LogP) is 2.16. The molecule has 1 atom stereocenters. The van der Waals surface area contributed by atoms with Crippen molar-refractivity contribution in [3.05, 3.63) is 23.4 Å². The van der Waals surface area contributed by atoms with E-state index in [1.54, 1.807) is 19.2 Å². The number of carbonyl (C=O) groups excluding carboxylic acids is 1. The number of carboxylic acids is 1. The van der Waals surface area contributed by atoms with Crippen molar-refractivity contribution in [2.45, 2.75) is 26.7 Å². The summed E-state index contributed by atoms with van der Waals surface area (Å²) in [6.07, 6.45) is 3.35. The number of ketones is 1. The van der Waals surface area contributed by atoms with Crippen LogP contribution in [0.2, 0.25) is 0 Å². The highest BCUT2D eigenvalue weighted by Gasteiger charge is 2.52. The molecule has 19 heavy (non-hydrogen) atoms. The van der Waals surface area contributed by atoms with Crippen molar-refractivity contribution in [1.29, 1.82) is 0 Å². The highest BCUT2D eigenvalue weighted by Crippen LogP contribution is 2.50. The summed E-state index contributed by atoms with van der Waals surface area (Å²) in [7, 11) is 0. The topological polar surface area (TPSA) is 79.6 Å². The molecule has 98 valence electrons. The molecule has 0 amide bonds. The summed E-state index contributed by atoms with van der Waals surface area (Å²) in [5.41, 5.74) is 1.30. The molecule has 0 aromatic carbocycles. The summed E-state index contributed by atoms with van der Waals surface area (Å²) in [5.74, 6) is -2.29. The van der Waals surface area contributed by atoms with Crippen molar-refractivity contribution in [2.24, 2.45) is 16.3 Å². The van der Waals surface area contributed by atoms with Gasteiger partial charge in [-0.15, -0.1) is 0 Å². The van der Waals surface area contributed by atoms with Crippen LogP contribution in [0, 0.1) is 18.3 Å². The molecule has 5 nitrogen and oxygen atoms in total. The van der Waals surface area contributed by atoms with Gasteiger partial charge in [-0.3, -0.25) is 9.59 Å². The lowest BCUT2D eigenvalue weighted by Crippen LogP contribution is -2.38. The number of carboxylic acid groups (broad SMARTS) is 1. The molecule has 1 aliphatic carbocycles. The lowest BCUT2D eigenvalue weighted by molar-refractivity contribution is -0.138. The maximum absolute atomic E-state index is 12.5. The predicted molar refractivity (Wildman–Crippen MR) is 68.9 cm³/mol. The summed E-state index contributed by atoms with van der Waals surface area (Å²) in [6.45, 7) is 3.73. The number of rotatable bonds is 2. The van der Waals surface area contributed by atoms with Gasteiger partial charge < -0.3 is 5.11 Å². The van der Waals surface area contributed by atoms with Crippen molar-refractivity contribution in [1.82, 2.24) is 4.98 Å². The fourth-order valence-electron chi connectivity index (χ4n) is 2.54. The molecule has 0 bridgehead atoms. The van der Waals surface area contributed by atoms with Crippen LogP contribution in [-0.4, -0.2) is 27.6 Å². The van der Waals surface area contributed by atoms with E-state index in [0.717, 1.165) is 18.4 Å². The largest absolute Gasteiger partial charge is 0.480 e. The Bertz CT molecular complexity index is 630. The molecule has 1 fully saturated rings. The third-order valence-corrected chi connectivity index (χ3v) is 4.01. The molecule has 1 aliphatic heterocycles. The van der Waals surface area contributed by atoms with E-state index in [0.29, 0.717) is 17.1 Å². The average molecular weight is 258 g/mol. The van der Waals surface area contributed by atoms with Crippen molar-refractivity contribution >= 4 is 23.3 Å². The van der Waals surface area contributed by atoms with E-state index >= 15 is 0 Å². The fraction of sp³-hybridized carbons (Fsp3) is 0.429. The van der Waals surface area contributed by atoms with E-state index in [2.05, 4.69) is 9.98 Å². The molecule has 1 aromatic rings. The Labute approximate surface area is 110 Å². The zero-order valence-electron chi connectivity index (χ0n) is 10.8. The van der Waals surface area contributed by atoms with E-state index < -0.39 is 11.9 Å². The molecular weight excluding hydrogens is 244 g/mol. The summed E-state index contributed by atoms with van der Waals surface area (Å²) >= 11 is 0. The van der Waals surface area contributed by atoms with E-state index in [9.17, 15) is 14.7 Å². The standard InChI is InChI=1S/C14H14N2O3/c1-7-3-6-15-12-8(7)10(17)9(13(18)19)11(16-12)14(2)4-5-14/h3,6,9H,4-5H2,1-2H3,(H,18,19). The van der Waals surface area contributed by atoms with Crippen LogP contribution in [0.1, 0.15) is 35.7 Å². The number of nitrogens with zero attached hydrogens (tertiary/aromatic N) is 2. The third-order valence-electron chi connectivity index (χ3n) is 4.01. The number of fused-ring (bicyclic) bond motifs is 1. The second kappa shape index (κ2) is 3.73. The van der Waals surface area contributed by atoms with Gasteiger partial charge >= 0.3 is 5.97 Å². The van der Waals surface area contributed by atoms with Crippen LogP contribution in [0.15, 0.2) is 17.3 Å². The van der Waals surface area contributed by atoms with Crippen LogP contribution in [-0.2, 0) is 4.79 Å². The number of hydrogen-bond acceptors (Lipinski definition) is 4. The number of carbonyl (C=O) groups is 2. The molecule has 5 heteroatoms. The van der Waals surface area contributed by atoms with Gasteiger partial charge in [-0.1, -0.05) is 6.92 Å². The van der Waals surface area contributed by atoms with Crippen LogP contribution >= 0.6 is 0 Å². The Balaban J connectivity index is 2.23. The molecule has 0 saturated heterocycles. The molecule has 0 radical (unpaired) electrons. The first kappa shape index (κ1) is 12.0. The highest BCUT2D eigenvalue weighted by atomic mass is 16.4. The van der Waals surface area contributed by atoms with Gasteiger partial charge in [-0.05, 0) is 31.4 Å². The number of aliphatic carboxylic acids is 1. The van der Waals surface area contributed by atoms with Gasteiger partial charge in [-0.25, -0.2) is 9.98 Å². The number of aliphatic imine (C=N–C) groups is 1. The molecule has 1 unspecified atom stereocenters. The van der Waals surface area contributed by atoms with Crippen molar-refractivity contribution < 1.29 is 14.7 Å². The molecule has 1 aromatic heterocycles. The quantitative estimate of drug-likeness (QED) is 0.824. The highest BCUT2D eigenvalue weighted by molar-refractivity contribution is 6.29. The first-order chi connectivity index (χ1) is 8.94. The van der Waals surface area contributed by atoms with E-state index in [-0.39, 0.29) is 11.2 Å². The molecule has 2 aliphatic rings. The minimum absolute atomic E-state index is 0.248. The Morgan fingerprint density at radius 3 is 2.74 bits per heavy atom. The van der Waals surface area contributed by atoms with Gasteiger partial charge in [0.2, 0.25) is 0 Å². The van der Waals surface area contributed by atoms with Gasteiger partial charge in [0.05, 0.1) is 5.56 Å². The van der Waals surface area contributed by atoms with Gasteiger partial charge in [0.1, 0.15) is 0 Å². The minimum atomic E-state index is -1.15. The first-order valence-corrected chi connectivity index (χ1v) is 6.26. The summed E-state index contributed by atoms with van der Waals surface area (Å²) in [5, 5.41) is 9.36. The van der Waals surface area contributed by atoms with Crippen LogP contribution < -0.4 is 0 Å². The molecular formula is C14H14N2O3. The summed E-state index contributed by atoms with van der Waals surface area (Å²) in [4.78, 5) is 32.4. The lowest BCUT2D eigenvalue weighted by atomic mass is 9.82. The van der Waals surface area contributed by atoms with E-state index in [4.69, 9.17) is 0 Å². The number of Topliss-reactive ketones (excluding diaryl/α,β-unsaturated/α-hetero) is 1. The molecule has 1 saturated carbocycles. The van der Waals surface area contributed by atoms with Crippen LogP contribution in [0.5, 0.6) is 0 Å². The zero-order valence-corrected chi connectivity index (χ0v) is 10.8. The molecule has 3 rings (SSSR count). The van der Waals surface area contributed by atoms with Crippen molar-refractivity contribution in [3.63, 3.8) is 0 Å². The maximum atomic E-state index is 12.5. The molecule has 0 spiro atoms. The number of aromatic nitrogens is 1. The summed E-state index contributed by atoms with van der Waals surface area (Å²) < 4.78 is 0. The third kappa shape index (κ3) is 1.69. The van der Waals surface area contributed by atoms with E-state index in [1.807, 2.05) is 6.92 Å². The monoisotopic (exact) mass is 258 g/mol. The maximum Gasteiger partial charge on any atom is 0.320 e. The van der Waals surface area contributed by atoms with Gasteiger partial charge in [-0.2, -0.15) is 0 Å². The van der Waals surface area contributed by atoms with Gasteiger partial charge in [0.25, 0.3) is 0 Å². The number of hydrogen-bond donors (Lipinski definition) is 1. The number of aryl methyl sites for hydroxylation is 1. The minimum Gasteiger partial charge on any atom is -0.480 e. The fourth-order valence-corrected chi connectivity index (χ4v) is 2.54. The number of pyridine rings is 1. The second-order valence-electron chi connectivity index (χ2n) is 5.52. The second-order valence-corrected chi connectivity index (χ2v) is 5.52. The average Bonchev–Trinajstić information content (AvgIpc) is 3.07. The molecule has 1 N–H and O–H groups in total. The van der Waals surface area contributed by atoms with Crippen molar-refractivity contribution in [2.75, 3.05) is 0 Å². The molecule has 2 heterocycles. The Morgan fingerprint density at radius 2 is 2.16 bits per heavy atom. The lowest BCUT2D eigenvalue weighted by Gasteiger charge is -2.24. The SMILES string of the molecule is Cc1ccnc2c1C(=O)C(C(=O)O)C(C1(C)CC1)=N2. The Morgan fingerprint density at radius 1 is 1.47 bits per heavy atom. The smallest absolute Gasteiger partial charge is 0.320 e.